The van der Waals surface area contributed by atoms with E-state index in [9.17, 15) is 32.8 Å². The van der Waals surface area contributed by atoms with Crippen molar-refractivity contribution in [1.82, 2.24) is 15.5 Å². The number of alkyl halides is 2. The first-order chi connectivity index (χ1) is 15.6. The standard InChI is InChI=1S/C21H23F2N3O7/c1-12-4-2-3-9-21(12)18(30)26(20(31)25-21)10-16(28)32-11-15(27)24-17(29)13-5-7-14(8-6-13)33-19(22)23/h5-8,12,19H,2-4,9-11H2,1H3,(H,25,31)(H,24,27,29)/t12-,21+/m0/s1. The van der Waals surface area contributed by atoms with E-state index in [-0.39, 0.29) is 17.2 Å². The van der Waals surface area contributed by atoms with E-state index >= 15 is 0 Å². The highest BCUT2D eigenvalue weighted by Gasteiger charge is 2.55. The second-order valence-electron chi connectivity index (χ2n) is 7.88. The highest BCUT2D eigenvalue weighted by molar-refractivity contribution is 6.09. The van der Waals surface area contributed by atoms with Crippen molar-refractivity contribution in [3.63, 3.8) is 0 Å². The molecule has 2 aliphatic rings. The summed E-state index contributed by atoms with van der Waals surface area (Å²) in [7, 11) is 0. The maximum atomic E-state index is 12.8. The van der Waals surface area contributed by atoms with Crippen molar-refractivity contribution in [2.24, 2.45) is 5.92 Å². The molecule has 1 aromatic carbocycles. The minimum absolute atomic E-state index is 0.0115. The molecule has 2 atom stereocenters. The Kier molecular flexibility index (Phi) is 7.24. The molecule has 0 radical (unpaired) electrons. The third kappa shape index (κ3) is 5.44. The maximum absolute atomic E-state index is 12.8. The van der Waals surface area contributed by atoms with Crippen LogP contribution in [0.15, 0.2) is 24.3 Å². The molecule has 1 aliphatic carbocycles. The van der Waals surface area contributed by atoms with Crippen LogP contribution in [0.4, 0.5) is 13.6 Å². The molecule has 1 saturated heterocycles. The number of imide groups is 2. The zero-order valence-corrected chi connectivity index (χ0v) is 17.8. The van der Waals surface area contributed by atoms with Gasteiger partial charge >= 0.3 is 18.6 Å². The molecule has 178 valence electrons. The van der Waals surface area contributed by atoms with Crippen LogP contribution in [0.1, 0.15) is 43.0 Å². The summed E-state index contributed by atoms with van der Waals surface area (Å²) in [5.41, 5.74) is -1.03. The zero-order valence-electron chi connectivity index (χ0n) is 17.8. The minimum atomic E-state index is -3.01. The monoisotopic (exact) mass is 467 g/mol. The molecular formula is C21H23F2N3O7. The summed E-state index contributed by atoms with van der Waals surface area (Å²) >= 11 is 0. The van der Waals surface area contributed by atoms with Crippen LogP contribution >= 0.6 is 0 Å². The first-order valence-corrected chi connectivity index (χ1v) is 10.3. The topological polar surface area (TPSA) is 131 Å². The highest BCUT2D eigenvalue weighted by atomic mass is 19.3. The molecule has 3 rings (SSSR count). The average molecular weight is 467 g/mol. The van der Waals surface area contributed by atoms with Gasteiger partial charge in [0.15, 0.2) is 6.61 Å². The van der Waals surface area contributed by atoms with Gasteiger partial charge in [0.05, 0.1) is 0 Å². The molecule has 0 aromatic heterocycles. The van der Waals surface area contributed by atoms with Crippen molar-refractivity contribution < 1.29 is 42.2 Å². The molecule has 12 heteroatoms. The summed E-state index contributed by atoms with van der Waals surface area (Å²) in [6.45, 7) is -2.62. The van der Waals surface area contributed by atoms with E-state index in [1.807, 2.05) is 12.2 Å². The molecule has 1 aliphatic heterocycles. The maximum Gasteiger partial charge on any atom is 0.387 e. The first-order valence-electron chi connectivity index (χ1n) is 10.3. The lowest BCUT2D eigenvalue weighted by molar-refractivity contribution is -0.151. The normalized spacial score (nSPS) is 22.3. The zero-order chi connectivity index (χ0) is 24.2. The fraction of sp³-hybridized carbons (Fsp3) is 0.476. The van der Waals surface area contributed by atoms with Gasteiger partial charge in [0.25, 0.3) is 17.7 Å². The van der Waals surface area contributed by atoms with E-state index in [2.05, 4.69) is 10.1 Å². The van der Waals surface area contributed by atoms with Crippen molar-refractivity contribution in [2.45, 2.75) is 44.8 Å². The molecule has 1 heterocycles. The van der Waals surface area contributed by atoms with Gasteiger partial charge in [-0.1, -0.05) is 19.8 Å². The lowest BCUT2D eigenvalue weighted by Gasteiger charge is -2.36. The largest absolute Gasteiger partial charge is 0.454 e. The van der Waals surface area contributed by atoms with Gasteiger partial charge in [-0.25, -0.2) is 4.79 Å². The van der Waals surface area contributed by atoms with Crippen molar-refractivity contribution in [1.29, 1.82) is 0 Å². The number of amides is 5. The van der Waals surface area contributed by atoms with Crippen LogP contribution in [0.25, 0.3) is 0 Å². The third-order valence-electron chi connectivity index (χ3n) is 5.75. The Bertz CT molecular complexity index is 954. The van der Waals surface area contributed by atoms with Crippen molar-refractivity contribution in [3.8, 4) is 5.75 Å². The van der Waals surface area contributed by atoms with E-state index in [1.54, 1.807) is 0 Å². The van der Waals surface area contributed by atoms with Crippen molar-refractivity contribution >= 4 is 29.7 Å². The molecular weight excluding hydrogens is 444 g/mol. The third-order valence-corrected chi connectivity index (χ3v) is 5.75. The smallest absolute Gasteiger partial charge is 0.387 e. The minimum Gasteiger partial charge on any atom is -0.454 e. The molecule has 2 fully saturated rings. The van der Waals surface area contributed by atoms with Crippen LogP contribution < -0.4 is 15.4 Å². The number of nitrogens with zero attached hydrogens (tertiary/aromatic N) is 1. The van der Waals surface area contributed by atoms with Gasteiger partial charge in [-0.05, 0) is 43.0 Å². The predicted octanol–water partition coefficient (Wildman–Crippen LogP) is 1.59. The fourth-order valence-electron chi connectivity index (χ4n) is 3.98. The van der Waals surface area contributed by atoms with Crippen LogP contribution in [0.2, 0.25) is 0 Å². The summed E-state index contributed by atoms with van der Waals surface area (Å²) in [4.78, 5) is 61.9. The number of rotatable bonds is 7. The van der Waals surface area contributed by atoms with E-state index < -0.39 is 55.0 Å². The predicted molar refractivity (Wildman–Crippen MR) is 107 cm³/mol. The van der Waals surface area contributed by atoms with E-state index in [4.69, 9.17) is 4.74 Å². The van der Waals surface area contributed by atoms with Crippen LogP contribution in [0.3, 0.4) is 0 Å². The Morgan fingerprint density at radius 2 is 1.91 bits per heavy atom. The van der Waals surface area contributed by atoms with Gasteiger partial charge in [0.2, 0.25) is 0 Å². The van der Waals surface area contributed by atoms with E-state index in [0.717, 1.165) is 36.3 Å². The number of carbonyl (C=O) groups excluding carboxylic acids is 5. The van der Waals surface area contributed by atoms with Gasteiger partial charge in [-0.15, -0.1) is 0 Å². The Labute approximate surface area is 187 Å². The lowest BCUT2D eigenvalue weighted by atomic mass is 9.73. The van der Waals surface area contributed by atoms with E-state index in [0.29, 0.717) is 6.42 Å². The Balaban J connectivity index is 1.47. The molecule has 33 heavy (non-hydrogen) atoms. The summed E-state index contributed by atoms with van der Waals surface area (Å²) < 4.78 is 33.2. The number of carbonyl (C=O) groups is 5. The number of nitrogens with one attached hydrogen (secondary N) is 2. The molecule has 0 bridgehead atoms. The Hall–Kier alpha value is -3.57. The summed E-state index contributed by atoms with van der Waals surface area (Å²) in [6, 6.07) is 3.91. The lowest BCUT2D eigenvalue weighted by Crippen LogP contribution is -2.54. The number of halogens is 2. The molecule has 2 N–H and O–H groups in total. The molecule has 1 spiro atoms. The fourth-order valence-corrected chi connectivity index (χ4v) is 3.98. The van der Waals surface area contributed by atoms with Gasteiger partial charge in [0, 0.05) is 5.56 Å². The quantitative estimate of drug-likeness (QED) is 0.460. The number of benzene rings is 1. The van der Waals surface area contributed by atoms with Gasteiger partial charge in [-0.2, -0.15) is 8.78 Å². The van der Waals surface area contributed by atoms with Crippen molar-refractivity contribution in [3.05, 3.63) is 29.8 Å². The highest BCUT2D eigenvalue weighted by Crippen LogP contribution is 2.38. The second kappa shape index (κ2) is 9.92. The summed E-state index contributed by atoms with van der Waals surface area (Å²) in [5, 5.41) is 4.67. The summed E-state index contributed by atoms with van der Waals surface area (Å²) in [6.07, 6.45) is 3.00. The number of esters is 1. The van der Waals surface area contributed by atoms with Gasteiger partial charge in [-0.3, -0.25) is 29.4 Å². The number of ether oxygens (including phenoxy) is 2. The van der Waals surface area contributed by atoms with Crippen LogP contribution in [0, 0.1) is 5.92 Å². The number of hydrogen-bond acceptors (Lipinski definition) is 7. The molecule has 5 amide bonds. The van der Waals surface area contributed by atoms with Crippen LogP contribution in [0.5, 0.6) is 5.75 Å². The van der Waals surface area contributed by atoms with E-state index in [1.165, 1.54) is 12.1 Å². The number of hydrogen-bond donors (Lipinski definition) is 2. The first kappa shape index (κ1) is 24.1. The van der Waals surface area contributed by atoms with Crippen LogP contribution in [-0.4, -0.2) is 59.9 Å². The molecule has 10 nitrogen and oxygen atoms in total. The second-order valence-corrected chi connectivity index (χ2v) is 7.88. The molecule has 1 saturated carbocycles. The van der Waals surface area contributed by atoms with Crippen LogP contribution in [-0.2, 0) is 19.1 Å². The Morgan fingerprint density at radius 3 is 2.55 bits per heavy atom. The van der Waals surface area contributed by atoms with Gasteiger partial charge < -0.3 is 14.8 Å². The number of urea groups is 1. The van der Waals surface area contributed by atoms with Gasteiger partial charge in [0.1, 0.15) is 17.8 Å². The molecule has 1 aromatic rings. The summed E-state index contributed by atoms with van der Waals surface area (Å²) in [5.74, 6) is -3.51. The average Bonchev–Trinajstić information content (AvgIpc) is 2.99. The SMILES string of the molecule is C[C@H]1CCCC[C@@]12NC(=O)N(CC(=O)OCC(=O)NC(=O)c1ccc(OC(F)F)cc1)C2=O. The molecule has 0 unspecified atom stereocenters. The Morgan fingerprint density at radius 1 is 1.21 bits per heavy atom. The van der Waals surface area contributed by atoms with Crippen molar-refractivity contribution in [2.75, 3.05) is 13.2 Å².